The Kier molecular flexibility index (Phi) is 3.06. The SMILES string of the molecule is CCCC1(c2cnccc2C)CCCN1. The molecule has 0 aromatic carbocycles. The number of hydrogen-bond acceptors (Lipinski definition) is 2. The van der Waals surface area contributed by atoms with Crippen LogP contribution in [0.3, 0.4) is 0 Å². The fraction of sp³-hybridized carbons (Fsp3) is 0.615. The van der Waals surface area contributed by atoms with Crippen molar-refractivity contribution in [2.45, 2.75) is 45.1 Å². The first-order chi connectivity index (χ1) is 7.28. The molecule has 1 atom stereocenters. The number of pyridine rings is 1. The van der Waals surface area contributed by atoms with Gasteiger partial charge in [-0.15, -0.1) is 0 Å². The van der Waals surface area contributed by atoms with Crippen LogP contribution in [0.5, 0.6) is 0 Å². The summed E-state index contributed by atoms with van der Waals surface area (Å²) in [7, 11) is 0. The second-order valence-electron chi connectivity index (χ2n) is 4.55. The van der Waals surface area contributed by atoms with Gasteiger partial charge in [0, 0.05) is 17.9 Å². The molecule has 2 heterocycles. The molecule has 1 unspecified atom stereocenters. The molecule has 1 aromatic heterocycles. The average molecular weight is 204 g/mol. The van der Waals surface area contributed by atoms with Crippen molar-refractivity contribution in [1.82, 2.24) is 10.3 Å². The van der Waals surface area contributed by atoms with Crippen LogP contribution in [0.4, 0.5) is 0 Å². The fourth-order valence-electron chi connectivity index (χ4n) is 2.78. The number of hydrogen-bond donors (Lipinski definition) is 1. The van der Waals surface area contributed by atoms with Crippen molar-refractivity contribution in [2.24, 2.45) is 0 Å². The van der Waals surface area contributed by atoms with E-state index in [0.717, 1.165) is 6.54 Å². The van der Waals surface area contributed by atoms with E-state index in [0.29, 0.717) is 0 Å². The summed E-state index contributed by atoms with van der Waals surface area (Å²) in [6.45, 7) is 5.59. The molecule has 2 nitrogen and oxygen atoms in total. The predicted molar refractivity (Wildman–Crippen MR) is 62.8 cm³/mol. The Hall–Kier alpha value is -0.890. The van der Waals surface area contributed by atoms with Crippen LogP contribution >= 0.6 is 0 Å². The molecule has 15 heavy (non-hydrogen) atoms. The highest BCUT2D eigenvalue weighted by Crippen LogP contribution is 2.36. The van der Waals surface area contributed by atoms with Gasteiger partial charge in [-0.25, -0.2) is 0 Å². The molecule has 1 N–H and O–H groups in total. The Morgan fingerprint density at radius 2 is 2.40 bits per heavy atom. The highest BCUT2D eigenvalue weighted by molar-refractivity contribution is 5.30. The zero-order chi connectivity index (χ0) is 10.7. The van der Waals surface area contributed by atoms with Gasteiger partial charge in [-0.2, -0.15) is 0 Å². The van der Waals surface area contributed by atoms with Crippen molar-refractivity contribution in [3.05, 3.63) is 29.6 Å². The highest BCUT2D eigenvalue weighted by atomic mass is 15.0. The topological polar surface area (TPSA) is 24.9 Å². The molecule has 1 aliphatic heterocycles. The predicted octanol–water partition coefficient (Wildman–Crippen LogP) is 2.77. The third-order valence-corrected chi connectivity index (χ3v) is 3.48. The largest absolute Gasteiger partial charge is 0.307 e. The first-order valence-corrected chi connectivity index (χ1v) is 5.94. The van der Waals surface area contributed by atoms with Crippen LogP contribution in [0, 0.1) is 6.92 Å². The zero-order valence-electron chi connectivity index (χ0n) is 9.71. The molecule has 0 bridgehead atoms. The summed E-state index contributed by atoms with van der Waals surface area (Å²) in [5.41, 5.74) is 2.99. The molecule has 1 saturated heterocycles. The summed E-state index contributed by atoms with van der Waals surface area (Å²) >= 11 is 0. The van der Waals surface area contributed by atoms with Gasteiger partial charge in [0.05, 0.1) is 0 Å². The minimum Gasteiger partial charge on any atom is -0.307 e. The van der Waals surface area contributed by atoms with E-state index in [4.69, 9.17) is 0 Å². The summed E-state index contributed by atoms with van der Waals surface area (Å²) in [4.78, 5) is 4.28. The monoisotopic (exact) mass is 204 g/mol. The molecule has 1 aromatic rings. The Labute approximate surface area is 92.1 Å². The molecule has 1 fully saturated rings. The molecule has 2 rings (SSSR count). The van der Waals surface area contributed by atoms with Crippen LogP contribution in [0.25, 0.3) is 0 Å². The summed E-state index contributed by atoms with van der Waals surface area (Å²) < 4.78 is 0. The lowest BCUT2D eigenvalue weighted by Crippen LogP contribution is -2.37. The Morgan fingerprint density at radius 1 is 1.53 bits per heavy atom. The molecule has 2 heteroatoms. The van der Waals surface area contributed by atoms with Crippen LogP contribution in [0.15, 0.2) is 18.5 Å². The summed E-state index contributed by atoms with van der Waals surface area (Å²) in [6, 6.07) is 2.12. The number of nitrogens with one attached hydrogen (secondary N) is 1. The van der Waals surface area contributed by atoms with Gasteiger partial charge >= 0.3 is 0 Å². The maximum Gasteiger partial charge on any atom is 0.0453 e. The summed E-state index contributed by atoms with van der Waals surface area (Å²) in [5.74, 6) is 0. The third-order valence-electron chi connectivity index (χ3n) is 3.48. The van der Waals surface area contributed by atoms with Crippen LogP contribution in [0.1, 0.15) is 43.7 Å². The summed E-state index contributed by atoms with van der Waals surface area (Å²) in [5, 5.41) is 3.69. The molecule has 0 saturated carbocycles. The Balaban J connectivity index is 2.36. The van der Waals surface area contributed by atoms with Crippen molar-refractivity contribution in [3.8, 4) is 0 Å². The molecule has 82 valence electrons. The lowest BCUT2D eigenvalue weighted by Gasteiger charge is -2.31. The van der Waals surface area contributed by atoms with Crippen molar-refractivity contribution in [1.29, 1.82) is 0 Å². The second-order valence-corrected chi connectivity index (χ2v) is 4.55. The van der Waals surface area contributed by atoms with Crippen LogP contribution in [0.2, 0.25) is 0 Å². The van der Waals surface area contributed by atoms with E-state index >= 15 is 0 Å². The van der Waals surface area contributed by atoms with E-state index in [-0.39, 0.29) is 5.54 Å². The minimum atomic E-state index is 0.215. The molecule has 0 aliphatic carbocycles. The standard InChI is InChI=1S/C13H20N2/c1-3-6-13(7-4-8-15-13)12-10-14-9-5-11(12)2/h5,9-10,15H,3-4,6-8H2,1-2H3. The van der Waals surface area contributed by atoms with Gasteiger partial charge in [0.25, 0.3) is 0 Å². The van der Waals surface area contributed by atoms with Crippen molar-refractivity contribution >= 4 is 0 Å². The van der Waals surface area contributed by atoms with Crippen LogP contribution < -0.4 is 5.32 Å². The van der Waals surface area contributed by atoms with Gasteiger partial charge in [-0.1, -0.05) is 13.3 Å². The van der Waals surface area contributed by atoms with E-state index in [2.05, 4.69) is 30.2 Å². The lowest BCUT2D eigenvalue weighted by atomic mass is 9.83. The number of rotatable bonds is 3. The first-order valence-electron chi connectivity index (χ1n) is 5.94. The molecular formula is C13H20N2. The maximum atomic E-state index is 4.28. The number of aromatic nitrogens is 1. The molecular weight excluding hydrogens is 184 g/mol. The van der Waals surface area contributed by atoms with E-state index in [1.54, 1.807) is 0 Å². The van der Waals surface area contributed by atoms with E-state index in [1.807, 2.05) is 12.4 Å². The average Bonchev–Trinajstić information content (AvgIpc) is 2.69. The Morgan fingerprint density at radius 3 is 3.00 bits per heavy atom. The van der Waals surface area contributed by atoms with Gasteiger partial charge in [0.15, 0.2) is 0 Å². The molecule has 1 aliphatic rings. The zero-order valence-corrected chi connectivity index (χ0v) is 9.71. The van der Waals surface area contributed by atoms with Crippen molar-refractivity contribution in [3.63, 3.8) is 0 Å². The number of aryl methyl sites for hydroxylation is 1. The van der Waals surface area contributed by atoms with Gasteiger partial charge < -0.3 is 5.32 Å². The van der Waals surface area contributed by atoms with E-state index in [1.165, 1.54) is 36.8 Å². The van der Waals surface area contributed by atoms with Gasteiger partial charge in [0.1, 0.15) is 0 Å². The van der Waals surface area contributed by atoms with Crippen LogP contribution in [-0.4, -0.2) is 11.5 Å². The smallest absolute Gasteiger partial charge is 0.0453 e. The van der Waals surface area contributed by atoms with Crippen molar-refractivity contribution in [2.75, 3.05) is 6.54 Å². The van der Waals surface area contributed by atoms with E-state index < -0.39 is 0 Å². The second kappa shape index (κ2) is 4.31. The van der Waals surface area contributed by atoms with E-state index in [9.17, 15) is 0 Å². The normalized spacial score (nSPS) is 25.7. The maximum absolute atomic E-state index is 4.28. The lowest BCUT2D eigenvalue weighted by molar-refractivity contribution is 0.353. The Bertz CT molecular complexity index is 327. The van der Waals surface area contributed by atoms with Gasteiger partial charge in [-0.05, 0) is 49.9 Å². The minimum absolute atomic E-state index is 0.215. The molecule has 0 spiro atoms. The third kappa shape index (κ3) is 1.91. The van der Waals surface area contributed by atoms with Gasteiger partial charge in [-0.3, -0.25) is 4.98 Å². The van der Waals surface area contributed by atoms with Crippen molar-refractivity contribution < 1.29 is 0 Å². The quantitative estimate of drug-likeness (QED) is 0.819. The highest BCUT2D eigenvalue weighted by Gasteiger charge is 2.35. The molecule has 0 amide bonds. The molecule has 0 radical (unpaired) electrons. The number of nitrogens with zero attached hydrogens (tertiary/aromatic N) is 1. The summed E-state index contributed by atoms with van der Waals surface area (Å²) in [6.07, 6.45) is 8.92. The fourth-order valence-corrected chi connectivity index (χ4v) is 2.78. The van der Waals surface area contributed by atoms with Crippen LogP contribution in [-0.2, 0) is 5.54 Å². The first kappa shape index (κ1) is 10.6. The van der Waals surface area contributed by atoms with Gasteiger partial charge in [0.2, 0.25) is 0 Å².